The minimum atomic E-state index is -2.14. The van der Waals surface area contributed by atoms with Crippen molar-refractivity contribution in [2.75, 3.05) is 6.54 Å². The van der Waals surface area contributed by atoms with Crippen LogP contribution in [0.1, 0.15) is 79.9 Å². The van der Waals surface area contributed by atoms with Gasteiger partial charge < -0.3 is 10.1 Å². The number of nitrogens with one attached hydrogen (secondary N) is 1. The molecule has 4 heteroatoms. The molecular weight excluding hydrogens is 376 g/mol. The topological polar surface area (TPSA) is 33.6 Å². The van der Waals surface area contributed by atoms with Crippen LogP contribution < -0.4 is 5.32 Å². The molecule has 0 aromatic rings. The van der Waals surface area contributed by atoms with Gasteiger partial charge in [0.15, 0.2) is 6.23 Å². The second-order valence-electron chi connectivity index (χ2n) is 10.1. The highest BCUT2D eigenvalue weighted by Crippen LogP contribution is 2.53. The SMILES string of the molecule is [2H]C([2H])([2H])C1=NC2OC3=C([C@@H]4NCC=C5C(C)=C(C([2H])([2H])C(C)(C)C)S[C@@H]54)CCCC3C2CC1. The van der Waals surface area contributed by atoms with Crippen molar-refractivity contribution in [3.05, 3.63) is 33.5 Å². The van der Waals surface area contributed by atoms with Crippen molar-refractivity contribution in [1.82, 2.24) is 5.32 Å². The minimum Gasteiger partial charge on any atom is -0.472 e. The number of aliphatic imine (C=N–C) groups is 1. The summed E-state index contributed by atoms with van der Waals surface area (Å²) in [6.07, 6.45) is 4.92. The van der Waals surface area contributed by atoms with Crippen LogP contribution >= 0.6 is 11.8 Å². The fraction of sp³-hybridized carbons (Fsp3) is 0.720. The summed E-state index contributed by atoms with van der Waals surface area (Å²) in [6.45, 7) is 6.61. The number of rotatable bonds is 2. The Bertz CT molecular complexity index is 1000. The van der Waals surface area contributed by atoms with Gasteiger partial charge in [0.1, 0.15) is 5.76 Å². The van der Waals surface area contributed by atoms with E-state index in [-0.39, 0.29) is 23.4 Å². The second kappa shape index (κ2) is 7.30. The summed E-state index contributed by atoms with van der Waals surface area (Å²) < 4.78 is 47.6. The summed E-state index contributed by atoms with van der Waals surface area (Å²) in [5, 5.41) is 3.84. The molecule has 5 rings (SSSR count). The molecule has 5 atom stereocenters. The zero-order valence-corrected chi connectivity index (χ0v) is 18.8. The van der Waals surface area contributed by atoms with E-state index in [4.69, 9.17) is 11.6 Å². The Kier molecular flexibility index (Phi) is 3.75. The van der Waals surface area contributed by atoms with Crippen LogP contribution in [0.2, 0.25) is 0 Å². The van der Waals surface area contributed by atoms with E-state index in [1.165, 1.54) is 11.1 Å². The number of allylic oxidation sites excluding steroid dienone is 3. The molecule has 1 aliphatic carbocycles. The van der Waals surface area contributed by atoms with Gasteiger partial charge in [0.05, 0.1) is 5.25 Å². The molecular formula is C25H36N2OS. The van der Waals surface area contributed by atoms with Crippen LogP contribution in [0.15, 0.2) is 38.5 Å². The Morgan fingerprint density at radius 1 is 1.34 bits per heavy atom. The highest BCUT2D eigenvalue weighted by atomic mass is 32.2. The molecule has 0 bridgehead atoms. The lowest BCUT2D eigenvalue weighted by molar-refractivity contribution is 0.128. The predicted octanol–water partition coefficient (Wildman–Crippen LogP) is 5.99. The highest BCUT2D eigenvalue weighted by Gasteiger charge is 2.48. The van der Waals surface area contributed by atoms with Gasteiger partial charge in [-0.3, -0.25) is 4.99 Å². The van der Waals surface area contributed by atoms with Crippen molar-refractivity contribution in [3.8, 4) is 0 Å². The number of hydrogen-bond acceptors (Lipinski definition) is 4. The van der Waals surface area contributed by atoms with E-state index in [9.17, 15) is 0 Å². The molecule has 0 aromatic carbocycles. The standard InChI is InChI=1S/C25H36N2OS/c1-14-9-10-18-17-7-6-8-19(22(17)28-24(18)27-14)21-23-16(11-12-26-21)15(2)20(29-23)13-25(3,4)5/h11,17-18,21,23-24,26H,6-10,12-13H2,1-5H3/t17?,18?,21-,23-,24?/m0/s1/i1D3,13D2. The maximum absolute atomic E-state index is 8.91. The van der Waals surface area contributed by atoms with Crippen LogP contribution in [0.5, 0.6) is 0 Å². The van der Waals surface area contributed by atoms with Gasteiger partial charge in [0, 0.05) is 37.0 Å². The highest BCUT2D eigenvalue weighted by molar-refractivity contribution is 8.04. The fourth-order valence-corrected chi connectivity index (χ4v) is 7.31. The van der Waals surface area contributed by atoms with Crippen LogP contribution in [-0.4, -0.2) is 29.8 Å². The Hall–Kier alpha value is -1.00. The van der Waals surface area contributed by atoms with E-state index in [0.29, 0.717) is 18.1 Å². The van der Waals surface area contributed by atoms with E-state index in [1.54, 1.807) is 11.8 Å². The number of nitrogens with zero attached hydrogens (tertiary/aromatic N) is 1. The number of thioether (sulfide) groups is 1. The van der Waals surface area contributed by atoms with Crippen LogP contribution in [-0.2, 0) is 4.74 Å². The van der Waals surface area contributed by atoms with E-state index in [1.807, 2.05) is 20.8 Å². The summed E-state index contributed by atoms with van der Waals surface area (Å²) in [7, 11) is 0. The number of ether oxygens (including phenoxy) is 1. The Morgan fingerprint density at radius 3 is 3.00 bits per heavy atom. The molecule has 1 saturated heterocycles. The van der Waals surface area contributed by atoms with Gasteiger partial charge in [-0.25, -0.2) is 0 Å². The molecule has 0 saturated carbocycles. The normalized spacial score (nSPS) is 40.4. The van der Waals surface area contributed by atoms with Gasteiger partial charge in [-0.15, -0.1) is 11.8 Å². The first kappa shape index (κ1) is 14.9. The minimum absolute atomic E-state index is 0.0947. The summed E-state index contributed by atoms with van der Waals surface area (Å²) in [5.41, 5.74) is 3.45. The molecule has 0 spiro atoms. The largest absolute Gasteiger partial charge is 0.472 e. The zero-order valence-electron chi connectivity index (χ0n) is 23.0. The molecule has 1 fully saturated rings. The molecule has 3 unspecified atom stereocenters. The van der Waals surface area contributed by atoms with E-state index in [2.05, 4.69) is 23.3 Å². The molecule has 1 N–H and O–H groups in total. The van der Waals surface area contributed by atoms with Crippen molar-refractivity contribution in [2.45, 2.75) is 90.5 Å². The summed E-state index contributed by atoms with van der Waals surface area (Å²) in [5.74, 6) is 1.62. The lowest BCUT2D eigenvalue weighted by atomic mass is 9.76. The molecule has 158 valence electrons. The molecule has 4 aliphatic heterocycles. The van der Waals surface area contributed by atoms with Crippen molar-refractivity contribution in [2.24, 2.45) is 22.2 Å². The smallest absolute Gasteiger partial charge is 0.192 e. The van der Waals surface area contributed by atoms with Crippen molar-refractivity contribution >= 4 is 17.5 Å². The molecule has 0 aromatic heterocycles. The van der Waals surface area contributed by atoms with Gasteiger partial charge in [0.25, 0.3) is 0 Å². The van der Waals surface area contributed by atoms with Crippen LogP contribution in [0.4, 0.5) is 0 Å². The van der Waals surface area contributed by atoms with Crippen LogP contribution in [0.3, 0.4) is 0 Å². The number of hydrogen-bond donors (Lipinski definition) is 1. The molecule has 0 amide bonds. The lowest BCUT2D eigenvalue weighted by Crippen LogP contribution is -2.44. The monoisotopic (exact) mass is 417 g/mol. The third-order valence-corrected chi connectivity index (χ3v) is 8.32. The number of fused-ring (bicyclic) bond motifs is 4. The van der Waals surface area contributed by atoms with Gasteiger partial charge in [-0.05, 0) is 79.3 Å². The average Bonchev–Trinajstić information content (AvgIpc) is 3.30. The molecule has 5 aliphatic rings. The fourth-order valence-electron chi connectivity index (χ4n) is 5.60. The lowest BCUT2D eigenvalue weighted by Gasteiger charge is -2.35. The zero-order chi connectivity index (χ0) is 24.6. The maximum atomic E-state index is 8.91. The molecule has 0 radical (unpaired) electrons. The molecule has 4 heterocycles. The van der Waals surface area contributed by atoms with Gasteiger partial charge >= 0.3 is 0 Å². The van der Waals surface area contributed by atoms with Gasteiger partial charge in [0.2, 0.25) is 0 Å². The van der Waals surface area contributed by atoms with Crippen molar-refractivity contribution in [1.29, 1.82) is 0 Å². The maximum Gasteiger partial charge on any atom is 0.192 e. The van der Waals surface area contributed by atoms with Gasteiger partial charge in [-0.2, -0.15) is 0 Å². The van der Waals surface area contributed by atoms with Crippen LogP contribution in [0, 0.1) is 17.3 Å². The Labute approximate surface area is 187 Å². The van der Waals surface area contributed by atoms with Gasteiger partial charge in [-0.1, -0.05) is 26.8 Å². The summed E-state index contributed by atoms with van der Waals surface area (Å²) in [6, 6.07) is 0.0947. The van der Waals surface area contributed by atoms with Crippen LogP contribution in [0.25, 0.3) is 0 Å². The summed E-state index contributed by atoms with van der Waals surface area (Å²) >= 11 is 1.68. The third-order valence-electron chi connectivity index (χ3n) is 6.89. The summed E-state index contributed by atoms with van der Waals surface area (Å²) in [4.78, 5) is 5.43. The first-order chi connectivity index (χ1) is 15.8. The quantitative estimate of drug-likeness (QED) is 0.599. The average molecular weight is 418 g/mol. The second-order valence-corrected chi connectivity index (χ2v) is 11.2. The Morgan fingerprint density at radius 2 is 2.21 bits per heavy atom. The first-order valence-electron chi connectivity index (χ1n) is 13.6. The third kappa shape index (κ3) is 3.54. The Balaban J connectivity index is 1.46. The van der Waals surface area contributed by atoms with E-state index in [0.717, 1.165) is 48.5 Å². The molecule has 29 heavy (non-hydrogen) atoms. The van der Waals surface area contributed by atoms with Crippen molar-refractivity contribution < 1.29 is 11.6 Å². The van der Waals surface area contributed by atoms with E-state index >= 15 is 0 Å². The molecule has 3 nitrogen and oxygen atoms in total. The van der Waals surface area contributed by atoms with Crippen molar-refractivity contribution in [3.63, 3.8) is 0 Å². The van der Waals surface area contributed by atoms with E-state index < -0.39 is 18.6 Å². The first-order valence-corrected chi connectivity index (χ1v) is 12.0. The predicted molar refractivity (Wildman–Crippen MR) is 123 cm³/mol.